The first-order valence-corrected chi connectivity index (χ1v) is 4.60. The molecular weight excluding hydrogens is 175 g/mol. The van der Waals surface area contributed by atoms with Crippen molar-refractivity contribution in [3.63, 3.8) is 0 Å². The molecule has 0 saturated heterocycles. The van der Waals surface area contributed by atoms with Crippen LogP contribution in [-0.2, 0) is 15.7 Å². The fraction of sp³-hybridized carbons (Fsp3) is 0.250. The monoisotopic (exact) mass is 185 g/mol. The Morgan fingerprint density at radius 3 is 2.58 bits per heavy atom. The zero-order valence-corrected chi connectivity index (χ0v) is 7.66. The average molecular weight is 185 g/mol. The topological polar surface area (TPSA) is 41.5 Å². The number of benzene rings is 1. The van der Waals surface area contributed by atoms with Crippen molar-refractivity contribution < 1.29 is 13.9 Å². The van der Waals surface area contributed by atoms with Gasteiger partial charge in [-0.1, -0.05) is 30.3 Å². The van der Waals surface area contributed by atoms with Gasteiger partial charge in [0.2, 0.25) is 0 Å². The van der Waals surface area contributed by atoms with Crippen LogP contribution in [-0.4, -0.2) is 7.11 Å². The van der Waals surface area contributed by atoms with Crippen LogP contribution in [0.15, 0.2) is 30.3 Å². The highest BCUT2D eigenvalue weighted by Crippen LogP contribution is 2.27. The van der Waals surface area contributed by atoms with E-state index in [0.29, 0.717) is 6.61 Å². The van der Waals surface area contributed by atoms with Gasteiger partial charge in [0.25, 0.3) is 0 Å². The molecule has 0 fully saturated rings. The van der Waals surface area contributed by atoms with Crippen LogP contribution in [0.5, 0.6) is 0 Å². The molecule has 0 aliphatic heterocycles. The molecule has 0 heterocycles. The number of hydrogen-bond donors (Lipinski definition) is 0. The Morgan fingerprint density at radius 2 is 2.00 bits per heavy atom. The SMILES string of the molecule is COP([O-])OCc1ccccc1. The number of rotatable bonds is 4. The van der Waals surface area contributed by atoms with Crippen molar-refractivity contribution in [3.05, 3.63) is 35.9 Å². The molecule has 1 aromatic rings. The average Bonchev–Trinajstić information content (AvgIpc) is 2.16. The zero-order valence-electron chi connectivity index (χ0n) is 6.77. The lowest BCUT2D eigenvalue weighted by molar-refractivity contribution is -0.203. The number of hydrogen-bond acceptors (Lipinski definition) is 3. The first-order chi connectivity index (χ1) is 5.83. The van der Waals surface area contributed by atoms with Gasteiger partial charge in [-0.15, -0.1) is 0 Å². The summed E-state index contributed by atoms with van der Waals surface area (Å²) in [5.41, 5.74) is 0.984. The fourth-order valence-electron chi connectivity index (χ4n) is 0.754. The molecule has 0 spiro atoms. The summed E-state index contributed by atoms with van der Waals surface area (Å²) in [5, 5.41) is 0. The zero-order chi connectivity index (χ0) is 8.81. The third-order valence-electron chi connectivity index (χ3n) is 1.33. The second-order valence-corrected chi connectivity index (χ2v) is 3.24. The second-order valence-electron chi connectivity index (χ2n) is 2.17. The third-order valence-corrected chi connectivity index (χ3v) is 1.97. The van der Waals surface area contributed by atoms with Crippen LogP contribution in [0.1, 0.15) is 5.56 Å². The van der Waals surface area contributed by atoms with Gasteiger partial charge in [-0.05, 0) is 5.56 Å². The predicted molar refractivity (Wildman–Crippen MR) is 45.2 cm³/mol. The van der Waals surface area contributed by atoms with Crippen LogP contribution in [0.3, 0.4) is 0 Å². The minimum Gasteiger partial charge on any atom is -0.786 e. The Hall–Kier alpha value is -0.470. The maximum Gasteiger partial charge on any atom is 0.0829 e. The third kappa shape index (κ3) is 3.28. The van der Waals surface area contributed by atoms with Gasteiger partial charge in [-0.3, -0.25) is 0 Å². The normalized spacial score (nSPS) is 12.8. The van der Waals surface area contributed by atoms with Crippen LogP contribution >= 0.6 is 8.60 Å². The van der Waals surface area contributed by atoms with Crippen molar-refractivity contribution in [2.45, 2.75) is 6.61 Å². The molecule has 3 nitrogen and oxygen atoms in total. The lowest BCUT2D eigenvalue weighted by Crippen LogP contribution is -2.00. The summed E-state index contributed by atoms with van der Waals surface area (Å²) in [7, 11) is -0.601. The summed E-state index contributed by atoms with van der Waals surface area (Å²) in [4.78, 5) is 10.7. The summed E-state index contributed by atoms with van der Waals surface area (Å²) in [6, 6.07) is 9.52. The van der Waals surface area contributed by atoms with E-state index in [4.69, 9.17) is 4.52 Å². The van der Waals surface area contributed by atoms with Crippen molar-refractivity contribution in [1.29, 1.82) is 0 Å². The van der Waals surface area contributed by atoms with E-state index in [-0.39, 0.29) is 0 Å². The molecule has 0 N–H and O–H groups in total. The molecule has 1 unspecified atom stereocenters. The van der Waals surface area contributed by atoms with Crippen molar-refractivity contribution in [2.24, 2.45) is 0 Å². The maximum absolute atomic E-state index is 10.7. The highest BCUT2D eigenvalue weighted by Gasteiger charge is 1.93. The quantitative estimate of drug-likeness (QED) is 0.666. The molecule has 0 aromatic heterocycles. The molecule has 66 valence electrons. The van der Waals surface area contributed by atoms with Gasteiger partial charge in [0.05, 0.1) is 15.2 Å². The van der Waals surface area contributed by atoms with Gasteiger partial charge < -0.3 is 13.9 Å². The van der Waals surface area contributed by atoms with Crippen LogP contribution in [0.25, 0.3) is 0 Å². The van der Waals surface area contributed by atoms with E-state index in [9.17, 15) is 4.89 Å². The molecule has 0 bridgehead atoms. The Bertz CT molecular complexity index is 215. The van der Waals surface area contributed by atoms with Crippen molar-refractivity contribution in [3.8, 4) is 0 Å². The first kappa shape index (κ1) is 9.62. The summed E-state index contributed by atoms with van der Waals surface area (Å²) in [5.74, 6) is 0. The summed E-state index contributed by atoms with van der Waals surface area (Å²) in [6.07, 6.45) is 0. The second kappa shape index (κ2) is 5.22. The van der Waals surface area contributed by atoms with E-state index in [0.717, 1.165) is 5.56 Å². The predicted octanol–water partition coefficient (Wildman–Crippen LogP) is 1.44. The van der Waals surface area contributed by atoms with Gasteiger partial charge in [0, 0.05) is 7.11 Å². The largest absolute Gasteiger partial charge is 0.786 e. The fourth-order valence-corrected chi connectivity index (χ4v) is 1.11. The Morgan fingerprint density at radius 1 is 1.33 bits per heavy atom. The van der Waals surface area contributed by atoms with Gasteiger partial charge >= 0.3 is 0 Å². The van der Waals surface area contributed by atoms with E-state index in [1.54, 1.807) is 0 Å². The molecule has 12 heavy (non-hydrogen) atoms. The van der Waals surface area contributed by atoms with Crippen molar-refractivity contribution in [2.75, 3.05) is 7.11 Å². The van der Waals surface area contributed by atoms with E-state index < -0.39 is 8.60 Å². The standard InChI is InChI=1S/C8H10O3P/c1-10-12(9)11-7-8-5-3-2-4-6-8/h2-6H,7H2,1H3/q-1. The van der Waals surface area contributed by atoms with E-state index in [1.807, 2.05) is 30.3 Å². The van der Waals surface area contributed by atoms with E-state index in [1.165, 1.54) is 7.11 Å². The van der Waals surface area contributed by atoms with Crippen LogP contribution in [0.4, 0.5) is 0 Å². The van der Waals surface area contributed by atoms with E-state index >= 15 is 0 Å². The van der Waals surface area contributed by atoms with Gasteiger partial charge in [-0.2, -0.15) is 0 Å². The van der Waals surface area contributed by atoms with Gasteiger partial charge in [0.1, 0.15) is 0 Å². The minimum atomic E-state index is -1.95. The molecule has 0 radical (unpaired) electrons. The molecule has 1 atom stereocenters. The van der Waals surface area contributed by atoms with E-state index in [2.05, 4.69) is 4.52 Å². The highest BCUT2D eigenvalue weighted by molar-refractivity contribution is 7.38. The summed E-state index contributed by atoms with van der Waals surface area (Å²) < 4.78 is 9.32. The highest BCUT2D eigenvalue weighted by atomic mass is 31.2. The first-order valence-electron chi connectivity index (χ1n) is 3.51. The smallest absolute Gasteiger partial charge is 0.0829 e. The molecule has 0 amide bonds. The molecule has 0 aliphatic carbocycles. The lowest BCUT2D eigenvalue weighted by atomic mass is 10.2. The minimum absolute atomic E-state index is 0.323. The van der Waals surface area contributed by atoms with Crippen molar-refractivity contribution >= 4 is 8.60 Å². The van der Waals surface area contributed by atoms with Crippen molar-refractivity contribution in [1.82, 2.24) is 0 Å². The molecular formula is C8H10O3P-. The molecule has 4 heteroatoms. The van der Waals surface area contributed by atoms with Gasteiger partial charge in [0.15, 0.2) is 0 Å². The summed E-state index contributed by atoms with van der Waals surface area (Å²) in [6.45, 7) is 0.323. The van der Waals surface area contributed by atoms with Gasteiger partial charge in [-0.25, -0.2) is 0 Å². The molecule has 1 rings (SSSR count). The van der Waals surface area contributed by atoms with Crippen LogP contribution in [0.2, 0.25) is 0 Å². The Labute approximate surface area is 72.9 Å². The summed E-state index contributed by atoms with van der Waals surface area (Å²) >= 11 is 0. The molecule has 0 aliphatic rings. The Balaban J connectivity index is 2.33. The molecule has 1 aromatic carbocycles. The maximum atomic E-state index is 10.7. The van der Waals surface area contributed by atoms with Crippen LogP contribution < -0.4 is 4.89 Å². The Kier molecular flexibility index (Phi) is 4.19. The van der Waals surface area contributed by atoms with Crippen LogP contribution in [0, 0.1) is 0 Å². The lowest BCUT2D eigenvalue weighted by Gasteiger charge is -2.19. The molecule has 0 saturated carbocycles.